The number of ether oxygens (including phenoxy) is 1. The summed E-state index contributed by atoms with van der Waals surface area (Å²) in [5.74, 6) is -0.237. The smallest absolute Gasteiger partial charge is 0.416 e. The number of hydrogen-bond donors (Lipinski definition) is 1. The number of benzene rings is 3. The maximum absolute atomic E-state index is 12.6. The van der Waals surface area contributed by atoms with Gasteiger partial charge in [0.1, 0.15) is 12.4 Å². The van der Waals surface area contributed by atoms with Gasteiger partial charge in [0.2, 0.25) is 0 Å². The molecule has 166 valence electrons. The first-order valence-corrected chi connectivity index (χ1v) is 10.0. The molecule has 0 aromatic heterocycles. The zero-order valence-electron chi connectivity index (χ0n) is 17.7. The van der Waals surface area contributed by atoms with Crippen molar-refractivity contribution in [3.8, 4) is 16.9 Å². The molecule has 0 saturated carbocycles. The molecule has 0 aliphatic rings. The van der Waals surface area contributed by atoms with E-state index in [9.17, 15) is 18.0 Å². The highest BCUT2D eigenvalue weighted by Gasteiger charge is 2.29. The Kier molecular flexibility index (Phi) is 7.03. The number of alkyl halides is 3. The Morgan fingerprint density at radius 3 is 2.38 bits per heavy atom. The van der Waals surface area contributed by atoms with E-state index in [2.05, 4.69) is 0 Å². The third-order valence-electron chi connectivity index (χ3n) is 5.06. The summed E-state index contributed by atoms with van der Waals surface area (Å²) in [6, 6.07) is 16.3. The second-order valence-corrected chi connectivity index (χ2v) is 7.53. The first-order valence-electron chi connectivity index (χ1n) is 10.0. The van der Waals surface area contributed by atoms with Crippen molar-refractivity contribution >= 4 is 12.0 Å². The first kappa shape index (κ1) is 23.1. The van der Waals surface area contributed by atoms with E-state index in [1.165, 1.54) is 12.1 Å². The maximum Gasteiger partial charge on any atom is 0.416 e. The number of rotatable bonds is 7. The van der Waals surface area contributed by atoms with E-state index >= 15 is 0 Å². The summed E-state index contributed by atoms with van der Waals surface area (Å²) in [5, 5.41) is 9.14. The van der Waals surface area contributed by atoms with E-state index in [4.69, 9.17) is 9.84 Å². The Labute approximate surface area is 184 Å². The second-order valence-electron chi connectivity index (χ2n) is 7.53. The van der Waals surface area contributed by atoms with E-state index < -0.39 is 17.7 Å². The van der Waals surface area contributed by atoms with Gasteiger partial charge in [0.25, 0.3) is 0 Å². The van der Waals surface area contributed by atoms with Gasteiger partial charge < -0.3 is 9.84 Å². The molecule has 32 heavy (non-hydrogen) atoms. The minimum atomic E-state index is -4.35. The minimum Gasteiger partial charge on any atom is -0.490 e. The number of carboxylic acids is 1. The van der Waals surface area contributed by atoms with Gasteiger partial charge in [-0.1, -0.05) is 42.5 Å². The highest BCUT2D eigenvalue weighted by molar-refractivity contribution is 5.75. The van der Waals surface area contributed by atoms with E-state index in [0.717, 1.165) is 39.9 Å². The molecule has 0 unspecified atom stereocenters. The average molecular weight is 440 g/mol. The van der Waals surface area contributed by atoms with E-state index in [1.54, 1.807) is 12.2 Å². The van der Waals surface area contributed by atoms with Crippen molar-refractivity contribution in [2.75, 3.05) is 6.61 Å². The summed E-state index contributed by atoms with van der Waals surface area (Å²) < 4.78 is 43.6. The van der Waals surface area contributed by atoms with Crippen LogP contribution in [0.25, 0.3) is 17.2 Å². The fourth-order valence-corrected chi connectivity index (χ4v) is 3.43. The van der Waals surface area contributed by atoms with Crippen LogP contribution in [-0.2, 0) is 17.4 Å². The van der Waals surface area contributed by atoms with Crippen LogP contribution in [-0.4, -0.2) is 17.7 Å². The highest BCUT2D eigenvalue weighted by atomic mass is 19.4. The van der Waals surface area contributed by atoms with Crippen molar-refractivity contribution in [2.45, 2.75) is 26.4 Å². The van der Waals surface area contributed by atoms with Crippen LogP contribution in [0.5, 0.6) is 5.75 Å². The molecule has 0 amide bonds. The lowest BCUT2D eigenvalue weighted by Crippen LogP contribution is -2.04. The number of hydrogen-bond acceptors (Lipinski definition) is 2. The van der Waals surface area contributed by atoms with Gasteiger partial charge in [-0.2, -0.15) is 13.2 Å². The predicted octanol–water partition coefficient (Wildman–Crippen LogP) is 6.71. The second kappa shape index (κ2) is 9.73. The van der Waals surface area contributed by atoms with Crippen LogP contribution in [0.3, 0.4) is 0 Å². The highest BCUT2D eigenvalue weighted by Crippen LogP contribution is 2.30. The normalized spacial score (nSPS) is 11.7. The molecule has 6 heteroatoms. The first-order chi connectivity index (χ1) is 15.1. The molecule has 1 N–H and O–H groups in total. The standard InChI is InChI=1S/C26H23F3O3/c1-17-13-18(2)24(15-21(17)16-25(30)31)20-6-3-7-23(14-20)32-12-4-5-19-8-10-22(11-9-19)26(27,28)29/h3-11,13-15H,12,16H2,1-2H3,(H,30,31)/b5-4+. The lowest BCUT2D eigenvalue weighted by atomic mass is 9.93. The number of carbonyl (C=O) groups is 1. The number of aliphatic carboxylic acids is 1. The minimum absolute atomic E-state index is 0.0377. The van der Waals surface area contributed by atoms with Crippen molar-refractivity contribution in [1.29, 1.82) is 0 Å². The fourth-order valence-electron chi connectivity index (χ4n) is 3.43. The lowest BCUT2D eigenvalue weighted by Gasteiger charge is -2.13. The number of halogens is 3. The summed E-state index contributed by atoms with van der Waals surface area (Å²) in [4.78, 5) is 11.1. The molecule has 0 saturated heterocycles. The Hall–Kier alpha value is -3.54. The fraction of sp³-hybridized carbons (Fsp3) is 0.192. The van der Waals surface area contributed by atoms with Gasteiger partial charge in [-0.3, -0.25) is 4.79 Å². The summed E-state index contributed by atoms with van der Waals surface area (Å²) in [6.07, 6.45) is -0.950. The zero-order chi connectivity index (χ0) is 23.3. The number of aryl methyl sites for hydroxylation is 2. The van der Waals surface area contributed by atoms with Crippen molar-refractivity contribution in [1.82, 2.24) is 0 Å². The Morgan fingerprint density at radius 1 is 1.00 bits per heavy atom. The van der Waals surface area contributed by atoms with Crippen LogP contribution in [0.1, 0.15) is 27.8 Å². The molecule has 0 atom stereocenters. The third kappa shape index (κ3) is 6.00. The molecule has 0 heterocycles. The molecule has 0 aliphatic carbocycles. The van der Waals surface area contributed by atoms with Gasteiger partial charge in [-0.05, 0) is 77.6 Å². The lowest BCUT2D eigenvalue weighted by molar-refractivity contribution is -0.138. The largest absolute Gasteiger partial charge is 0.490 e. The average Bonchev–Trinajstić information content (AvgIpc) is 2.73. The van der Waals surface area contributed by atoms with Gasteiger partial charge in [-0.15, -0.1) is 0 Å². The maximum atomic E-state index is 12.6. The van der Waals surface area contributed by atoms with Crippen LogP contribution in [0.15, 0.2) is 66.7 Å². The van der Waals surface area contributed by atoms with Gasteiger partial charge in [-0.25, -0.2) is 0 Å². The predicted molar refractivity (Wildman–Crippen MR) is 119 cm³/mol. The zero-order valence-corrected chi connectivity index (χ0v) is 17.7. The molecule has 3 aromatic carbocycles. The molecular weight excluding hydrogens is 417 g/mol. The molecule has 3 nitrogen and oxygen atoms in total. The number of carboxylic acid groups (broad SMARTS) is 1. The summed E-state index contributed by atoms with van der Waals surface area (Å²) in [5.41, 5.74) is 4.57. The van der Waals surface area contributed by atoms with Crippen molar-refractivity contribution in [2.24, 2.45) is 0 Å². The summed E-state index contributed by atoms with van der Waals surface area (Å²) in [6.45, 7) is 4.13. The van der Waals surface area contributed by atoms with Gasteiger partial charge in [0, 0.05) is 0 Å². The quantitative estimate of drug-likeness (QED) is 0.444. The summed E-state index contributed by atoms with van der Waals surface area (Å²) >= 11 is 0. The van der Waals surface area contributed by atoms with Crippen molar-refractivity contribution < 1.29 is 27.8 Å². The van der Waals surface area contributed by atoms with Crippen molar-refractivity contribution in [3.05, 3.63) is 94.6 Å². The van der Waals surface area contributed by atoms with Gasteiger partial charge >= 0.3 is 12.1 Å². The molecule has 0 fully saturated rings. The van der Waals surface area contributed by atoms with E-state index in [1.807, 2.05) is 50.2 Å². The molecule has 0 radical (unpaired) electrons. The van der Waals surface area contributed by atoms with E-state index in [0.29, 0.717) is 11.3 Å². The Balaban J connectivity index is 1.69. The van der Waals surface area contributed by atoms with Crippen molar-refractivity contribution in [3.63, 3.8) is 0 Å². The molecule has 0 bridgehead atoms. The Morgan fingerprint density at radius 2 is 1.72 bits per heavy atom. The molecule has 0 aliphatic heterocycles. The van der Waals surface area contributed by atoms with Crippen LogP contribution >= 0.6 is 0 Å². The third-order valence-corrected chi connectivity index (χ3v) is 5.06. The molecule has 3 rings (SSSR count). The van der Waals surface area contributed by atoms with Crippen LogP contribution in [0.4, 0.5) is 13.2 Å². The Bertz CT molecular complexity index is 1130. The monoisotopic (exact) mass is 440 g/mol. The molecular formula is C26H23F3O3. The SMILES string of the molecule is Cc1cc(C)c(-c2cccc(OC/C=C/c3ccc(C(F)(F)F)cc3)c2)cc1CC(=O)O. The van der Waals surface area contributed by atoms with Crippen LogP contribution in [0, 0.1) is 13.8 Å². The van der Waals surface area contributed by atoms with Gasteiger partial charge in [0.15, 0.2) is 0 Å². The molecule has 3 aromatic rings. The summed E-state index contributed by atoms with van der Waals surface area (Å²) in [7, 11) is 0. The van der Waals surface area contributed by atoms with Crippen LogP contribution < -0.4 is 4.74 Å². The van der Waals surface area contributed by atoms with E-state index in [-0.39, 0.29) is 13.0 Å². The molecule has 0 spiro atoms. The van der Waals surface area contributed by atoms with Gasteiger partial charge in [0.05, 0.1) is 12.0 Å². The topological polar surface area (TPSA) is 46.5 Å². The van der Waals surface area contributed by atoms with Crippen LogP contribution in [0.2, 0.25) is 0 Å².